The topological polar surface area (TPSA) is 166 Å². The number of aromatic nitrogens is 3. The number of aryl methyl sites for hydroxylation is 1. The molecule has 2 aliphatic heterocycles. The zero-order valence-corrected chi connectivity index (χ0v) is 27.2. The first-order valence-corrected chi connectivity index (χ1v) is 16.3. The van der Waals surface area contributed by atoms with E-state index in [0.717, 1.165) is 31.2 Å². The van der Waals surface area contributed by atoms with Crippen LogP contribution in [0.25, 0.3) is 0 Å². The van der Waals surface area contributed by atoms with Crippen molar-refractivity contribution in [1.29, 1.82) is 5.26 Å². The SMILES string of the molecule is C[C@@H]1[C@H]2C[C@@H](c3ccccc3NC(=O)CCn3cc(CNC(=O)[C@@H]4CCCN4C(=O)OC(C)(C)C)nn3)N(C#N)C[C@@H]2CC[C@@H]1O. The molecule has 1 aliphatic carbocycles. The number of nitrogens with one attached hydrogen (secondary N) is 2. The number of piperidine rings is 1. The van der Waals surface area contributed by atoms with E-state index < -0.39 is 17.7 Å². The number of amides is 3. The van der Waals surface area contributed by atoms with Crippen molar-refractivity contribution < 1.29 is 24.2 Å². The highest BCUT2D eigenvalue weighted by molar-refractivity contribution is 5.91. The summed E-state index contributed by atoms with van der Waals surface area (Å²) in [5, 5.41) is 34.6. The molecule has 2 saturated heterocycles. The molecule has 13 nitrogen and oxygen atoms in total. The molecule has 0 unspecified atom stereocenters. The number of ether oxygens (including phenoxy) is 1. The molecule has 2 aromatic rings. The van der Waals surface area contributed by atoms with Crippen LogP contribution < -0.4 is 10.6 Å². The lowest BCUT2D eigenvalue weighted by molar-refractivity contribution is -0.125. The van der Waals surface area contributed by atoms with Gasteiger partial charge in [-0.25, -0.2) is 4.79 Å². The van der Waals surface area contributed by atoms with Crippen LogP contribution in [-0.2, 0) is 27.4 Å². The molecule has 46 heavy (non-hydrogen) atoms. The maximum atomic E-state index is 13.1. The quantitative estimate of drug-likeness (QED) is 0.368. The van der Waals surface area contributed by atoms with Gasteiger partial charge in [0.15, 0.2) is 6.19 Å². The molecule has 0 spiro atoms. The fourth-order valence-corrected chi connectivity index (χ4v) is 7.11. The Balaban J connectivity index is 1.13. The Kier molecular flexibility index (Phi) is 10.2. The number of fused-ring (bicyclic) bond motifs is 1. The second kappa shape index (κ2) is 14.1. The van der Waals surface area contributed by atoms with E-state index in [2.05, 4.69) is 34.1 Å². The summed E-state index contributed by atoms with van der Waals surface area (Å²) >= 11 is 0. The Bertz CT molecular complexity index is 1450. The fourth-order valence-electron chi connectivity index (χ4n) is 7.11. The first-order chi connectivity index (χ1) is 21.9. The summed E-state index contributed by atoms with van der Waals surface area (Å²) in [6.45, 7) is 9.04. The maximum absolute atomic E-state index is 13.1. The van der Waals surface area contributed by atoms with Gasteiger partial charge in [0.2, 0.25) is 11.8 Å². The monoisotopic (exact) mass is 634 g/mol. The largest absolute Gasteiger partial charge is 0.444 e. The molecule has 3 N–H and O–H groups in total. The number of rotatable bonds is 8. The number of nitrogens with zero attached hydrogens (tertiary/aromatic N) is 6. The van der Waals surface area contributed by atoms with Crippen LogP contribution in [0.5, 0.6) is 0 Å². The Hall–Kier alpha value is -4.18. The molecule has 5 rings (SSSR count). The number of anilines is 1. The van der Waals surface area contributed by atoms with Gasteiger partial charge in [-0.2, -0.15) is 5.26 Å². The van der Waals surface area contributed by atoms with Gasteiger partial charge < -0.3 is 25.4 Å². The van der Waals surface area contributed by atoms with Crippen LogP contribution in [0.4, 0.5) is 10.5 Å². The number of likely N-dealkylation sites (tertiary alicyclic amines) is 2. The molecule has 1 aromatic carbocycles. The van der Waals surface area contributed by atoms with E-state index in [1.807, 2.05) is 29.2 Å². The molecule has 13 heteroatoms. The third-order valence-electron chi connectivity index (χ3n) is 9.53. The van der Waals surface area contributed by atoms with Crippen molar-refractivity contribution in [3.8, 4) is 6.19 Å². The van der Waals surface area contributed by atoms with Gasteiger partial charge in [-0.1, -0.05) is 30.3 Å². The molecule has 6 atom stereocenters. The fraction of sp³-hybridized carbons (Fsp3) is 0.636. The highest BCUT2D eigenvalue weighted by Crippen LogP contribution is 2.47. The molecule has 3 fully saturated rings. The van der Waals surface area contributed by atoms with Gasteiger partial charge in [0.1, 0.15) is 17.3 Å². The van der Waals surface area contributed by atoms with E-state index in [0.29, 0.717) is 42.7 Å². The van der Waals surface area contributed by atoms with Crippen LogP contribution >= 0.6 is 0 Å². The van der Waals surface area contributed by atoms with E-state index in [-0.39, 0.29) is 49.4 Å². The summed E-state index contributed by atoms with van der Waals surface area (Å²) in [4.78, 5) is 41.8. The molecule has 0 bridgehead atoms. The van der Waals surface area contributed by atoms with E-state index in [1.165, 1.54) is 4.90 Å². The van der Waals surface area contributed by atoms with Crippen molar-refractivity contribution in [3.05, 3.63) is 41.7 Å². The van der Waals surface area contributed by atoms with E-state index in [1.54, 1.807) is 31.6 Å². The lowest BCUT2D eigenvalue weighted by atomic mass is 9.66. The van der Waals surface area contributed by atoms with Crippen molar-refractivity contribution >= 4 is 23.6 Å². The summed E-state index contributed by atoms with van der Waals surface area (Å²) in [5.41, 5.74) is 1.47. The van der Waals surface area contributed by atoms with Crippen molar-refractivity contribution in [2.75, 3.05) is 18.4 Å². The number of benzene rings is 1. The van der Waals surface area contributed by atoms with E-state index >= 15 is 0 Å². The number of aliphatic hydroxyl groups is 1. The highest BCUT2D eigenvalue weighted by atomic mass is 16.6. The average molecular weight is 635 g/mol. The molecule has 248 valence electrons. The van der Waals surface area contributed by atoms with Crippen molar-refractivity contribution in [3.63, 3.8) is 0 Å². The van der Waals surface area contributed by atoms with Gasteiger partial charge in [0.25, 0.3) is 0 Å². The summed E-state index contributed by atoms with van der Waals surface area (Å²) in [7, 11) is 0. The predicted octanol–water partition coefficient (Wildman–Crippen LogP) is 3.57. The number of para-hydroxylation sites is 1. The summed E-state index contributed by atoms with van der Waals surface area (Å²) < 4.78 is 7.01. The minimum atomic E-state index is -0.643. The number of nitriles is 1. The normalized spacial score (nSPS) is 26.2. The zero-order chi connectivity index (χ0) is 33.0. The maximum Gasteiger partial charge on any atom is 0.410 e. The summed E-state index contributed by atoms with van der Waals surface area (Å²) in [6, 6.07) is 6.84. The Morgan fingerprint density at radius 1 is 1.17 bits per heavy atom. The van der Waals surface area contributed by atoms with Crippen molar-refractivity contribution in [1.82, 2.24) is 30.1 Å². The lowest BCUT2D eigenvalue weighted by Gasteiger charge is -2.48. The average Bonchev–Trinajstić information content (AvgIpc) is 3.70. The van der Waals surface area contributed by atoms with Gasteiger partial charge in [-0.15, -0.1) is 5.10 Å². The standard InChI is InChI=1S/C33H46N8O5/c1-21-25-16-28(39(20-34)18-22(25)11-12-29(21)42)24-8-5-6-9-26(24)36-30(43)13-15-40-19-23(37-38-40)17-35-31(44)27-10-7-14-41(27)32(45)46-33(2,3)4/h5-6,8-9,19,21-22,25,27-29,42H,7,10-18H2,1-4H3,(H,35,44)(H,36,43)/t21-,22+,25-,27+,28+,29+/m1/s1. The van der Waals surface area contributed by atoms with Gasteiger partial charge in [-0.3, -0.25) is 19.2 Å². The van der Waals surface area contributed by atoms with Crippen LogP contribution in [0.3, 0.4) is 0 Å². The number of hydrogen-bond acceptors (Lipinski definition) is 9. The van der Waals surface area contributed by atoms with Crippen LogP contribution in [0.2, 0.25) is 0 Å². The molecule has 1 saturated carbocycles. The molecular formula is C33H46N8O5. The molecule has 3 aliphatic rings. The number of aliphatic hydroxyl groups excluding tert-OH is 1. The zero-order valence-electron chi connectivity index (χ0n) is 27.2. The number of hydrogen-bond donors (Lipinski definition) is 3. The van der Waals surface area contributed by atoms with Crippen LogP contribution in [0.15, 0.2) is 30.5 Å². The third kappa shape index (κ3) is 7.78. The molecular weight excluding hydrogens is 588 g/mol. The highest BCUT2D eigenvalue weighted by Gasteiger charge is 2.43. The number of carbonyl (C=O) groups is 3. The smallest absolute Gasteiger partial charge is 0.410 e. The predicted molar refractivity (Wildman–Crippen MR) is 169 cm³/mol. The van der Waals surface area contributed by atoms with Gasteiger partial charge in [-0.05, 0) is 82.3 Å². The molecule has 1 aromatic heterocycles. The first kappa shape index (κ1) is 33.2. The van der Waals surface area contributed by atoms with Crippen molar-refractivity contribution in [2.24, 2.45) is 17.8 Å². The van der Waals surface area contributed by atoms with Crippen LogP contribution in [0.1, 0.15) is 83.5 Å². The molecule has 0 radical (unpaired) electrons. The van der Waals surface area contributed by atoms with E-state index in [9.17, 15) is 24.8 Å². The van der Waals surface area contributed by atoms with Crippen molar-refractivity contribution in [2.45, 2.75) is 103 Å². The van der Waals surface area contributed by atoms with E-state index in [4.69, 9.17) is 4.74 Å². The summed E-state index contributed by atoms with van der Waals surface area (Å²) in [5.74, 6) is 0.398. The second-order valence-corrected chi connectivity index (χ2v) is 13.8. The summed E-state index contributed by atoms with van der Waals surface area (Å²) in [6.07, 6.45) is 7.13. The van der Waals surface area contributed by atoms with Gasteiger partial charge in [0, 0.05) is 25.2 Å². The third-order valence-corrected chi connectivity index (χ3v) is 9.53. The van der Waals surface area contributed by atoms with Gasteiger partial charge in [0.05, 0.1) is 31.4 Å². The Labute approximate surface area is 270 Å². The molecule has 3 amide bonds. The minimum absolute atomic E-state index is 0.144. The minimum Gasteiger partial charge on any atom is -0.444 e. The van der Waals surface area contributed by atoms with Crippen LogP contribution in [0, 0.1) is 29.2 Å². The molecule has 3 heterocycles. The van der Waals surface area contributed by atoms with Gasteiger partial charge >= 0.3 is 6.09 Å². The lowest BCUT2D eigenvalue weighted by Crippen LogP contribution is -2.47. The number of carbonyl (C=O) groups excluding carboxylic acids is 3. The Morgan fingerprint density at radius 3 is 2.72 bits per heavy atom. The Morgan fingerprint density at radius 2 is 1.96 bits per heavy atom. The second-order valence-electron chi connectivity index (χ2n) is 13.8. The van der Waals surface area contributed by atoms with Crippen LogP contribution in [-0.4, -0.2) is 78.6 Å². The first-order valence-electron chi connectivity index (χ1n) is 16.3.